The molecule has 0 spiro atoms. The van der Waals surface area contributed by atoms with Crippen LogP contribution in [0.25, 0.3) is 16.8 Å². The van der Waals surface area contributed by atoms with Crippen molar-refractivity contribution in [2.24, 2.45) is 0 Å². The molecule has 0 aromatic heterocycles. The zero-order valence-electron chi connectivity index (χ0n) is 14.7. The molecule has 0 radical (unpaired) electrons. The molecular formula is C22H17FN2O2. The van der Waals surface area contributed by atoms with E-state index in [-0.39, 0.29) is 5.57 Å². The zero-order chi connectivity index (χ0) is 19.2. The lowest BCUT2D eigenvalue weighted by Crippen LogP contribution is -2.13. The summed E-state index contributed by atoms with van der Waals surface area (Å²) in [5.41, 5.74) is 1.10. The van der Waals surface area contributed by atoms with E-state index in [1.54, 1.807) is 0 Å². The van der Waals surface area contributed by atoms with Gasteiger partial charge in [-0.05, 0) is 54.3 Å². The minimum Gasteiger partial charge on any atom is -0.493 e. The summed E-state index contributed by atoms with van der Waals surface area (Å²) in [6.45, 7) is 2.46. The highest BCUT2D eigenvalue weighted by Gasteiger charge is 2.12. The fourth-order valence-corrected chi connectivity index (χ4v) is 2.74. The van der Waals surface area contributed by atoms with E-state index in [0.29, 0.717) is 12.3 Å². The number of carbonyl (C=O) groups is 1. The molecular weight excluding hydrogens is 343 g/mol. The number of fused-ring (bicyclic) bond motifs is 1. The minimum atomic E-state index is -0.554. The van der Waals surface area contributed by atoms with Gasteiger partial charge in [-0.3, -0.25) is 4.79 Å². The van der Waals surface area contributed by atoms with Gasteiger partial charge in [-0.1, -0.05) is 30.3 Å². The molecule has 0 bridgehead atoms. The summed E-state index contributed by atoms with van der Waals surface area (Å²) in [7, 11) is 0. The van der Waals surface area contributed by atoms with E-state index in [4.69, 9.17) is 4.74 Å². The Morgan fingerprint density at radius 1 is 1.11 bits per heavy atom. The molecule has 4 nitrogen and oxygen atoms in total. The van der Waals surface area contributed by atoms with E-state index in [0.717, 1.165) is 22.1 Å². The first kappa shape index (κ1) is 18.2. The summed E-state index contributed by atoms with van der Waals surface area (Å²) in [4.78, 5) is 12.4. The van der Waals surface area contributed by atoms with Crippen LogP contribution in [0.15, 0.2) is 66.2 Å². The monoisotopic (exact) mass is 360 g/mol. The summed E-state index contributed by atoms with van der Waals surface area (Å²) in [6, 6.07) is 18.6. The van der Waals surface area contributed by atoms with Crippen molar-refractivity contribution in [3.8, 4) is 11.8 Å². The number of hydrogen-bond donors (Lipinski definition) is 1. The first-order chi connectivity index (χ1) is 13.1. The summed E-state index contributed by atoms with van der Waals surface area (Å²) in [6.07, 6.45) is 1.54. The Morgan fingerprint density at radius 2 is 1.81 bits per heavy atom. The average molecular weight is 360 g/mol. The number of anilines is 1. The van der Waals surface area contributed by atoms with Gasteiger partial charge in [-0.2, -0.15) is 5.26 Å². The van der Waals surface area contributed by atoms with Crippen LogP contribution in [0.4, 0.5) is 10.1 Å². The van der Waals surface area contributed by atoms with Crippen LogP contribution in [-0.4, -0.2) is 12.5 Å². The Labute approximate surface area is 156 Å². The number of carbonyl (C=O) groups excluding carboxylic acids is 1. The first-order valence-electron chi connectivity index (χ1n) is 8.45. The molecule has 1 amide bonds. The molecule has 0 saturated heterocycles. The minimum absolute atomic E-state index is 0.0476. The van der Waals surface area contributed by atoms with E-state index in [1.165, 1.54) is 30.3 Å². The van der Waals surface area contributed by atoms with E-state index in [1.807, 2.05) is 49.4 Å². The second-order valence-electron chi connectivity index (χ2n) is 5.76. The number of nitriles is 1. The van der Waals surface area contributed by atoms with Crippen LogP contribution in [0.5, 0.6) is 5.75 Å². The standard InChI is InChI=1S/C22H17FN2O2/c1-2-27-21-12-7-15(19-5-3-4-6-20(19)21)13-16(14-24)22(26)25-18-10-8-17(23)9-11-18/h3-13H,2H2,1H3,(H,25,26)/b16-13-. The predicted molar refractivity (Wildman–Crippen MR) is 104 cm³/mol. The van der Waals surface area contributed by atoms with Crippen molar-refractivity contribution in [2.75, 3.05) is 11.9 Å². The van der Waals surface area contributed by atoms with Gasteiger partial charge in [0.15, 0.2) is 0 Å². The van der Waals surface area contributed by atoms with E-state index >= 15 is 0 Å². The maximum absolute atomic E-state index is 13.0. The lowest BCUT2D eigenvalue weighted by Gasteiger charge is -2.10. The maximum atomic E-state index is 13.0. The number of amides is 1. The SMILES string of the molecule is CCOc1ccc(/C=C(/C#N)C(=O)Nc2ccc(F)cc2)c2ccccc12. The van der Waals surface area contributed by atoms with Gasteiger partial charge in [-0.25, -0.2) is 4.39 Å². The fraction of sp³-hybridized carbons (Fsp3) is 0.0909. The molecule has 3 aromatic carbocycles. The molecule has 0 aliphatic carbocycles. The highest BCUT2D eigenvalue weighted by molar-refractivity contribution is 6.11. The van der Waals surface area contributed by atoms with Gasteiger partial charge in [-0.15, -0.1) is 0 Å². The highest BCUT2D eigenvalue weighted by atomic mass is 19.1. The van der Waals surface area contributed by atoms with Crippen LogP contribution in [0.2, 0.25) is 0 Å². The van der Waals surface area contributed by atoms with Crippen LogP contribution < -0.4 is 10.1 Å². The van der Waals surface area contributed by atoms with Crippen LogP contribution >= 0.6 is 0 Å². The number of nitrogens with zero attached hydrogens (tertiary/aromatic N) is 1. The summed E-state index contributed by atoms with van der Waals surface area (Å²) < 4.78 is 18.6. The number of halogens is 1. The largest absolute Gasteiger partial charge is 0.493 e. The smallest absolute Gasteiger partial charge is 0.266 e. The van der Waals surface area contributed by atoms with E-state index in [9.17, 15) is 14.4 Å². The Hall–Kier alpha value is -3.65. The topological polar surface area (TPSA) is 62.1 Å². The van der Waals surface area contributed by atoms with E-state index in [2.05, 4.69) is 5.32 Å². The molecule has 3 rings (SSSR count). The van der Waals surface area contributed by atoms with Crippen LogP contribution in [-0.2, 0) is 4.79 Å². The maximum Gasteiger partial charge on any atom is 0.266 e. The van der Waals surface area contributed by atoms with Gasteiger partial charge in [0, 0.05) is 11.1 Å². The molecule has 3 aromatic rings. The molecule has 0 aliphatic rings. The molecule has 0 heterocycles. The third-order valence-electron chi connectivity index (χ3n) is 3.98. The van der Waals surface area contributed by atoms with Gasteiger partial charge in [0.2, 0.25) is 0 Å². The quantitative estimate of drug-likeness (QED) is 0.519. The van der Waals surface area contributed by atoms with Crippen LogP contribution in [0.3, 0.4) is 0 Å². The Bertz CT molecular complexity index is 1050. The van der Waals surface area contributed by atoms with Crippen molar-refractivity contribution in [3.63, 3.8) is 0 Å². The number of hydrogen-bond acceptors (Lipinski definition) is 3. The second-order valence-corrected chi connectivity index (χ2v) is 5.76. The molecule has 5 heteroatoms. The third-order valence-corrected chi connectivity index (χ3v) is 3.98. The molecule has 0 unspecified atom stereocenters. The number of benzene rings is 3. The molecule has 0 atom stereocenters. The van der Waals surface area contributed by atoms with Gasteiger partial charge < -0.3 is 10.1 Å². The zero-order valence-corrected chi connectivity index (χ0v) is 14.7. The van der Waals surface area contributed by atoms with E-state index < -0.39 is 11.7 Å². The molecule has 0 aliphatic heterocycles. The van der Waals surface area contributed by atoms with Crippen molar-refractivity contribution < 1.29 is 13.9 Å². The van der Waals surface area contributed by atoms with Crippen LogP contribution in [0.1, 0.15) is 12.5 Å². The van der Waals surface area contributed by atoms with Crippen molar-refractivity contribution in [1.29, 1.82) is 5.26 Å². The van der Waals surface area contributed by atoms with Crippen molar-refractivity contribution in [1.82, 2.24) is 0 Å². The van der Waals surface area contributed by atoms with Gasteiger partial charge in [0.25, 0.3) is 5.91 Å². The number of nitrogens with one attached hydrogen (secondary N) is 1. The Kier molecular flexibility index (Phi) is 5.48. The molecule has 1 N–H and O–H groups in total. The first-order valence-corrected chi connectivity index (χ1v) is 8.45. The van der Waals surface area contributed by atoms with Crippen LogP contribution in [0, 0.1) is 17.1 Å². The molecule has 27 heavy (non-hydrogen) atoms. The Morgan fingerprint density at radius 3 is 2.48 bits per heavy atom. The lowest BCUT2D eigenvalue weighted by molar-refractivity contribution is -0.112. The number of rotatable bonds is 5. The third kappa shape index (κ3) is 4.13. The highest BCUT2D eigenvalue weighted by Crippen LogP contribution is 2.30. The van der Waals surface area contributed by atoms with Crippen molar-refractivity contribution in [2.45, 2.75) is 6.92 Å². The molecule has 134 valence electrons. The Balaban J connectivity index is 1.96. The van der Waals surface area contributed by atoms with Gasteiger partial charge >= 0.3 is 0 Å². The van der Waals surface area contributed by atoms with Gasteiger partial charge in [0.1, 0.15) is 23.2 Å². The number of ether oxygens (including phenoxy) is 1. The summed E-state index contributed by atoms with van der Waals surface area (Å²) >= 11 is 0. The van der Waals surface area contributed by atoms with Crippen molar-refractivity contribution in [3.05, 3.63) is 77.6 Å². The normalized spacial score (nSPS) is 11.1. The average Bonchev–Trinajstić information content (AvgIpc) is 2.69. The summed E-state index contributed by atoms with van der Waals surface area (Å²) in [5.74, 6) is -0.202. The predicted octanol–water partition coefficient (Wildman–Crippen LogP) is 4.92. The molecule has 0 saturated carbocycles. The molecule has 0 fully saturated rings. The van der Waals surface area contributed by atoms with Crippen molar-refractivity contribution >= 4 is 28.4 Å². The summed E-state index contributed by atoms with van der Waals surface area (Å²) in [5, 5.41) is 13.8. The fourth-order valence-electron chi connectivity index (χ4n) is 2.74. The second kappa shape index (κ2) is 8.15. The van der Waals surface area contributed by atoms with Gasteiger partial charge in [0.05, 0.1) is 6.61 Å². The lowest BCUT2D eigenvalue weighted by atomic mass is 10.0.